The second kappa shape index (κ2) is 9.64. The van der Waals surface area contributed by atoms with E-state index in [4.69, 9.17) is 16.7 Å². The van der Waals surface area contributed by atoms with Gasteiger partial charge >= 0.3 is 5.97 Å². The molecule has 0 radical (unpaired) electrons. The Morgan fingerprint density at radius 2 is 1.94 bits per heavy atom. The fourth-order valence-corrected chi connectivity index (χ4v) is 6.17. The van der Waals surface area contributed by atoms with Crippen molar-refractivity contribution in [1.82, 2.24) is 0 Å². The van der Waals surface area contributed by atoms with E-state index in [0.717, 1.165) is 37.2 Å². The lowest BCUT2D eigenvalue weighted by molar-refractivity contribution is -0.0430. The molecular formula is C26H35ClO4. The van der Waals surface area contributed by atoms with Crippen molar-refractivity contribution < 1.29 is 20.1 Å². The first-order chi connectivity index (χ1) is 14.9. The van der Waals surface area contributed by atoms with E-state index in [1.807, 2.05) is 12.1 Å². The first kappa shape index (κ1) is 22.8. The third-order valence-electron chi connectivity index (χ3n) is 8.00. The van der Waals surface area contributed by atoms with Crippen LogP contribution in [0, 0.1) is 23.2 Å². The molecule has 0 amide bonds. The summed E-state index contributed by atoms with van der Waals surface area (Å²) < 4.78 is 0. The topological polar surface area (TPSA) is 77.8 Å². The first-order valence-corrected chi connectivity index (χ1v) is 12.3. The summed E-state index contributed by atoms with van der Waals surface area (Å²) in [6, 6.07) is 6.99. The van der Waals surface area contributed by atoms with Gasteiger partial charge in [0, 0.05) is 11.3 Å². The number of alkyl halides is 1. The molecule has 0 spiro atoms. The molecule has 0 heterocycles. The average molecular weight is 447 g/mol. The third-order valence-corrected chi connectivity index (χ3v) is 8.50. The fourth-order valence-electron chi connectivity index (χ4n) is 5.70. The average Bonchev–Trinajstić information content (AvgIpc) is 3.49. The summed E-state index contributed by atoms with van der Waals surface area (Å²) in [5, 5.41) is 30.4. The molecule has 1 aromatic rings. The Balaban J connectivity index is 1.32. The lowest BCUT2D eigenvalue weighted by Gasteiger charge is -2.46. The van der Waals surface area contributed by atoms with Crippen LogP contribution < -0.4 is 0 Å². The smallest absolute Gasteiger partial charge is 0.335 e. The number of hydrogen-bond acceptors (Lipinski definition) is 3. The van der Waals surface area contributed by atoms with Crippen molar-refractivity contribution in [2.75, 3.05) is 0 Å². The largest absolute Gasteiger partial charge is 0.478 e. The van der Waals surface area contributed by atoms with E-state index in [9.17, 15) is 15.0 Å². The van der Waals surface area contributed by atoms with Gasteiger partial charge in [0.1, 0.15) is 0 Å². The Hall–Kier alpha value is -1.36. The number of carbonyl (C=O) groups is 1. The van der Waals surface area contributed by atoms with Gasteiger partial charge in [0.15, 0.2) is 0 Å². The summed E-state index contributed by atoms with van der Waals surface area (Å²) in [6.45, 7) is 0. The fraction of sp³-hybridized carbons (Fsp3) is 0.654. The van der Waals surface area contributed by atoms with E-state index in [-0.39, 0.29) is 28.7 Å². The molecule has 1 aromatic carbocycles. The third kappa shape index (κ3) is 5.35. The number of aliphatic hydroxyl groups is 2. The van der Waals surface area contributed by atoms with Crippen LogP contribution in [-0.2, 0) is 6.42 Å². The zero-order valence-corrected chi connectivity index (χ0v) is 18.9. The molecule has 3 N–H and O–H groups in total. The summed E-state index contributed by atoms with van der Waals surface area (Å²) >= 11 is 6.59. The Labute approximate surface area is 190 Å². The Morgan fingerprint density at radius 1 is 1.23 bits per heavy atom. The zero-order chi connectivity index (χ0) is 22.0. The van der Waals surface area contributed by atoms with Crippen LogP contribution in [0.3, 0.4) is 0 Å². The van der Waals surface area contributed by atoms with E-state index in [2.05, 4.69) is 12.2 Å². The maximum atomic E-state index is 11.0. The molecule has 3 aliphatic carbocycles. The number of carboxylic acids is 1. The number of carboxylic acid groups (broad SMARTS) is 1. The van der Waals surface area contributed by atoms with Crippen molar-refractivity contribution in [2.45, 2.75) is 81.8 Å². The second-order valence-corrected chi connectivity index (χ2v) is 10.7. The SMILES string of the molecule is O=C(O)c1ccc(CC[C@@H]2[C@@H](/C=C/CC(O)C3(CC4CC4)CCC3)[C@H](O)C[C@H]2Cl)cc1. The number of hydrogen-bond donors (Lipinski definition) is 3. The maximum Gasteiger partial charge on any atom is 0.335 e. The highest BCUT2D eigenvalue weighted by atomic mass is 35.5. The van der Waals surface area contributed by atoms with Gasteiger partial charge in [0.2, 0.25) is 0 Å². The zero-order valence-electron chi connectivity index (χ0n) is 18.1. The van der Waals surface area contributed by atoms with Crippen molar-refractivity contribution in [3.05, 3.63) is 47.5 Å². The van der Waals surface area contributed by atoms with Crippen molar-refractivity contribution in [3.63, 3.8) is 0 Å². The van der Waals surface area contributed by atoms with Gasteiger partial charge in [0.05, 0.1) is 17.8 Å². The highest BCUT2D eigenvalue weighted by molar-refractivity contribution is 6.21. The number of aromatic carboxylic acids is 1. The van der Waals surface area contributed by atoms with Crippen molar-refractivity contribution in [3.8, 4) is 0 Å². The normalized spacial score (nSPS) is 30.9. The molecule has 4 rings (SSSR count). The highest BCUT2D eigenvalue weighted by Gasteiger charge is 2.46. The standard InChI is InChI=1S/C26H35ClO4/c27-22-15-23(28)21(20(22)12-9-17-7-10-19(11-8-17)25(30)31)3-1-4-24(29)26(13-2-14-26)16-18-5-6-18/h1,3,7-8,10-11,18,20-24,28-29H,2,4-6,9,12-16H2,(H,30,31)/b3-1+/t20-,21-,22-,23-,24?/m1/s1. The minimum atomic E-state index is -0.917. The van der Waals surface area contributed by atoms with Gasteiger partial charge < -0.3 is 15.3 Å². The van der Waals surface area contributed by atoms with E-state index < -0.39 is 12.1 Å². The molecule has 3 aliphatic rings. The summed E-state index contributed by atoms with van der Waals surface area (Å²) in [7, 11) is 0. The molecule has 3 fully saturated rings. The van der Waals surface area contributed by atoms with Crippen molar-refractivity contribution in [2.24, 2.45) is 23.2 Å². The number of benzene rings is 1. The quantitative estimate of drug-likeness (QED) is 0.341. The molecule has 5 atom stereocenters. The summed E-state index contributed by atoms with van der Waals surface area (Å²) in [6.07, 6.45) is 13.7. The number of rotatable bonds is 10. The molecule has 4 nitrogen and oxygen atoms in total. The second-order valence-electron chi connectivity index (χ2n) is 10.1. The molecule has 170 valence electrons. The monoisotopic (exact) mass is 446 g/mol. The summed E-state index contributed by atoms with van der Waals surface area (Å²) in [4.78, 5) is 11.0. The molecule has 0 aliphatic heterocycles. The van der Waals surface area contributed by atoms with Crippen LogP contribution in [0.1, 0.15) is 73.7 Å². The molecule has 3 saturated carbocycles. The lowest BCUT2D eigenvalue weighted by Crippen LogP contribution is -2.41. The molecule has 1 unspecified atom stereocenters. The van der Waals surface area contributed by atoms with Gasteiger partial charge in [-0.1, -0.05) is 43.5 Å². The number of aryl methyl sites for hydroxylation is 1. The lowest BCUT2D eigenvalue weighted by atomic mass is 9.61. The van der Waals surface area contributed by atoms with Crippen LogP contribution in [0.15, 0.2) is 36.4 Å². The first-order valence-electron chi connectivity index (χ1n) is 11.9. The minimum absolute atomic E-state index is 0.00812. The highest BCUT2D eigenvalue weighted by Crippen LogP contribution is 2.53. The molecule has 0 saturated heterocycles. The Bertz CT molecular complexity index is 781. The van der Waals surface area contributed by atoms with Gasteiger partial charge in [-0.05, 0) is 79.9 Å². The van der Waals surface area contributed by atoms with Crippen LogP contribution in [-0.4, -0.2) is 38.9 Å². The summed E-state index contributed by atoms with van der Waals surface area (Å²) in [5.41, 5.74) is 1.51. The number of halogens is 1. The van der Waals surface area contributed by atoms with Crippen LogP contribution in [0.4, 0.5) is 0 Å². The van der Waals surface area contributed by atoms with Crippen molar-refractivity contribution in [1.29, 1.82) is 0 Å². The van der Waals surface area contributed by atoms with Crippen LogP contribution in [0.25, 0.3) is 0 Å². The maximum absolute atomic E-state index is 11.0. The van der Waals surface area contributed by atoms with Crippen LogP contribution in [0.2, 0.25) is 0 Å². The summed E-state index contributed by atoms with van der Waals surface area (Å²) in [5.74, 6) is 0.100. The minimum Gasteiger partial charge on any atom is -0.478 e. The predicted molar refractivity (Wildman–Crippen MR) is 122 cm³/mol. The van der Waals surface area contributed by atoms with Gasteiger partial charge in [-0.2, -0.15) is 0 Å². The van der Waals surface area contributed by atoms with Crippen LogP contribution in [0.5, 0.6) is 0 Å². The molecule has 5 heteroatoms. The molecule has 31 heavy (non-hydrogen) atoms. The van der Waals surface area contributed by atoms with E-state index in [0.29, 0.717) is 18.4 Å². The van der Waals surface area contributed by atoms with E-state index in [1.165, 1.54) is 25.7 Å². The van der Waals surface area contributed by atoms with Gasteiger partial charge in [0.25, 0.3) is 0 Å². The Morgan fingerprint density at radius 3 is 2.52 bits per heavy atom. The van der Waals surface area contributed by atoms with Crippen LogP contribution >= 0.6 is 11.6 Å². The van der Waals surface area contributed by atoms with Gasteiger partial charge in [-0.3, -0.25) is 0 Å². The molecular weight excluding hydrogens is 412 g/mol. The van der Waals surface area contributed by atoms with Gasteiger partial charge in [-0.15, -0.1) is 11.6 Å². The molecule has 0 aromatic heterocycles. The molecule has 0 bridgehead atoms. The number of aliphatic hydroxyl groups excluding tert-OH is 2. The van der Waals surface area contributed by atoms with Gasteiger partial charge in [-0.25, -0.2) is 4.79 Å². The van der Waals surface area contributed by atoms with Crippen molar-refractivity contribution >= 4 is 17.6 Å². The Kier molecular flexibility index (Phi) is 7.10. The van der Waals surface area contributed by atoms with E-state index in [1.54, 1.807) is 12.1 Å². The predicted octanol–water partition coefficient (Wildman–Crippen LogP) is 5.20. The van der Waals surface area contributed by atoms with E-state index >= 15 is 0 Å².